The topological polar surface area (TPSA) is 30.5 Å². The van der Waals surface area contributed by atoms with E-state index < -0.39 is 0 Å². The van der Waals surface area contributed by atoms with Crippen LogP contribution in [0.15, 0.2) is 24.3 Å². The average Bonchev–Trinajstić information content (AvgIpc) is 2.61. The lowest BCUT2D eigenvalue weighted by molar-refractivity contribution is 0.271. The first-order chi connectivity index (χ1) is 10.8. The summed E-state index contributed by atoms with van der Waals surface area (Å²) in [7, 11) is 0. The van der Waals surface area contributed by atoms with Gasteiger partial charge in [0.1, 0.15) is 0 Å². The number of hydrogen-bond donors (Lipinski definition) is 2. The summed E-state index contributed by atoms with van der Waals surface area (Å²) >= 11 is 0. The quantitative estimate of drug-likeness (QED) is 0.873. The maximum Gasteiger partial charge on any atom is 0.0368 e. The zero-order valence-electron chi connectivity index (χ0n) is 13.9. The van der Waals surface area contributed by atoms with Gasteiger partial charge in [-0.2, -0.15) is 0 Å². The van der Waals surface area contributed by atoms with Gasteiger partial charge < -0.3 is 20.4 Å². The molecular weight excluding hydrogens is 272 g/mol. The Hall–Kier alpha value is -1.26. The molecule has 0 bridgehead atoms. The number of piperidine rings is 1. The van der Waals surface area contributed by atoms with Gasteiger partial charge in [-0.3, -0.25) is 0 Å². The highest BCUT2D eigenvalue weighted by molar-refractivity contribution is 5.55. The van der Waals surface area contributed by atoms with Crippen molar-refractivity contribution in [2.75, 3.05) is 62.6 Å². The van der Waals surface area contributed by atoms with Crippen LogP contribution >= 0.6 is 0 Å². The van der Waals surface area contributed by atoms with E-state index in [0.29, 0.717) is 0 Å². The molecule has 0 amide bonds. The highest BCUT2D eigenvalue weighted by Gasteiger charge is 2.16. The van der Waals surface area contributed by atoms with Crippen LogP contribution in [0.3, 0.4) is 0 Å². The van der Waals surface area contributed by atoms with Crippen LogP contribution in [-0.4, -0.2) is 57.3 Å². The van der Waals surface area contributed by atoms with Crippen LogP contribution in [-0.2, 0) is 0 Å². The summed E-state index contributed by atoms with van der Waals surface area (Å²) in [5.41, 5.74) is 2.61. The molecule has 2 aliphatic heterocycles. The molecule has 1 unspecified atom stereocenters. The zero-order chi connectivity index (χ0) is 15.2. The molecule has 0 spiro atoms. The Kier molecular flexibility index (Phi) is 5.57. The normalized spacial score (nSPS) is 23.5. The maximum absolute atomic E-state index is 3.59. The van der Waals surface area contributed by atoms with Gasteiger partial charge in [-0.05, 0) is 62.7 Å². The minimum Gasteiger partial charge on any atom is -0.385 e. The van der Waals surface area contributed by atoms with Crippen LogP contribution in [0.2, 0.25) is 0 Å². The first-order valence-corrected chi connectivity index (χ1v) is 8.87. The van der Waals surface area contributed by atoms with E-state index in [4.69, 9.17) is 0 Å². The molecule has 2 N–H and O–H groups in total. The van der Waals surface area contributed by atoms with Gasteiger partial charge in [0.2, 0.25) is 0 Å². The predicted octanol–water partition coefficient (Wildman–Crippen LogP) is 2.24. The third-order valence-electron chi connectivity index (χ3n) is 5.05. The number of rotatable bonds is 5. The van der Waals surface area contributed by atoms with Gasteiger partial charge in [0.25, 0.3) is 0 Å². The molecule has 2 fully saturated rings. The third kappa shape index (κ3) is 4.14. The fraction of sp³-hybridized carbons (Fsp3) is 0.667. The van der Waals surface area contributed by atoms with Gasteiger partial charge in [-0.1, -0.05) is 6.92 Å². The number of nitrogens with zero attached hydrogens (tertiary/aromatic N) is 2. The summed E-state index contributed by atoms with van der Waals surface area (Å²) in [5.74, 6) is 0.774. The Labute approximate surface area is 134 Å². The lowest BCUT2D eigenvalue weighted by atomic mass is 10.00. The fourth-order valence-corrected chi connectivity index (χ4v) is 3.47. The Morgan fingerprint density at radius 2 is 1.91 bits per heavy atom. The SMILES string of the molecule is CCN1CCN(c2ccc(NCC3CCCNC3)cc2)CC1. The molecule has 0 aliphatic carbocycles. The van der Waals surface area contributed by atoms with E-state index in [2.05, 4.69) is 51.6 Å². The summed E-state index contributed by atoms with van der Waals surface area (Å²) < 4.78 is 0. The monoisotopic (exact) mass is 302 g/mol. The lowest BCUT2D eigenvalue weighted by Crippen LogP contribution is -2.46. The molecule has 3 rings (SSSR count). The second-order valence-electron chi connectivity index (χ2n) is 6.56. The molecule has 4 heteroatoms. The molecule has 22 heavy (non-hydrogen) atoms. The van der Waals surface area contributed by atoms with Crippen molar-refractivity contribution in [2.24, 2.45) is 5.92 Å². The van der Waals surface area contributed by atoms with Crippen LogP contribution in [0.5, 0.6) is 0 Å². The van der Waals surface area contributed by atoms with Crippen LogP contribution in [0.25, 0.3) is 0 Å². The third-order valence-corrected chi connectivity index (χ3v) is 5.05. The predicted molar refractivity (Wildman–Crippen MR) is 94.9 cm³/mol. The Balaban J connectivity index is 1.47. The summed E-state index contributed by atoms with van der Waals surface area (Å²) in [4.78, 5) is 5.02. The van der Waals surface area contributed by atoms with Gasteiger partial charge in [0, 0.05) is 44.1 Å². The molecule has 0 saturated carbocycles. The van der Waals surface area contributed by atoms with Crippen molar-refractivity contribution in [2.45, 2.75) is 19.8 Å². The minimum atomic E-state index is 0.774. The largest absolute Gasteiger partial charge is 0.385 e. The molecule has 4 nitrogen and oxygen atoms in total. The van der Waals surface area contributed by atoms with Gasteiger partial charge in [-0.25, -0.2) is 0 Å². The Bertz CT molecular complexity index is 431. The van der Waals surface area contributed by atoms with E-state index in [9.17, 15) is 0 Å². The smallest absolute Gasteiger partial charge is 0.0368 e. The number of benzene rings is 1. The molecule has 2 aliphatic rings. The number of nitrogens with one attached hydrogen (secondary N) is 2. The Morgan fingerprint density at radius 1 is 1.14 bits per heavy atom. The van der Waals surface area contributed by atoms with Crippen LogP contribution < -0.4 is 15.5 Å². The molecule has 1 aromatic rings. The average molecular weight is 302 g/mol. The minimum absolute atomic E-state index is 0.774. The van der Waals surface area contributed by atoms with Crippen molar-refractivity contribution >= 4 is 11.4 Å². The van der Waals surface area contributed by atoms with E-state index in [-0.39, 0.29) is 0 Å². The van der Waals surface area contributed by atoms with Crippen LogP contribution in [0, 0.1) is 5.92 Å². The second kappa shape index (κ2) is 7.84. The van der Waals surface area contributed by atoms with Crippen molar-refractivity contribution in [3.8, 4) is 0 Å². The lowest BCUT2D eigenvalue weighted by Gasteiger charge is -2.35. The number of likely N-dealkylation sites (N-methyl/N-ethyl adjacent to an activating group) is 1. The van der Waals surface area contributed by atoms with Crippen LogP contribution in [0.4, 0.5) is 11.4 Å². The van der Waals surface area contributed by atoms with Gasteiger partial charge >= 0.3 is 0 Å². The first-order valence-electron chi connectivity index (χ1n) is 8.87. The Morgan fingerprint density at radius 3 is 2.55 bits per heavy atom. The van der Waals surface area contributed by atoms with Crippen molar-refractivity contribution in [3.63, 3.8) is 0 Å². The summed E-state index contributed by atoms with van der Waals surface area (Å²) in [6.45, 7) is 11.5. The van der Waals surface area contributed by atoms with E-state index in [1.807, 2.05) is 0 Å². The number of anilines is 2. The molecule has 2 saturated heterocycles. The maximum atomic E-state index is 3.59. The number of piperazine rings is 1. The molecule has 1 aromatic carbocycles. The van der Waals surface area contributed by atoms with Crippen molar-refractivity contribution in [1.29, 1.82) is 0 Å². The second-order valence-corrected chi connectivity index (χ2v) is 6.56. The molecule has 0 aromatic heterocycles. The van der Waals surface area contributed by atoms with Crippen molar-refractivity contribution in [1.82, 2.24) is 10.2 Å². The van der Waals surface area contributed by atoms with E-state index in [1.54, 1.807) is 0 Å². The van der Waals surface area contributed by atoms with Gasteiger partial charge in [-0.15, -0.1) is 0 Å². The standard InChI is InChI=1S/C18H30N4/c1-2-21-10-12-22(13-11-21)18-7-5-17(6-8-18)20-15-16-4-3-9-19-14-16/h5-8,16,19-20H,2-4,9-15H2,1H3. The highest BCUT2D eigenvalue weighted by Crippen LogP contribution is 2.20. The molecule has 1 atom stereocenters. The van der Waals surface area contributed by atoms with Crippen molar-refractivity contribution in [3.05, 3.63) is 24.3 Å². The van der Waals surface area contributed by atoms with Gasteiger partial charge in [0.05, 0.1) is 0 Å². The summed E-state index contributed by atoms with van der Waals surface area (Å²) in [6, 6.07) is 9.00. The fourth-order valence-electron chi connectivity index (χ4n) is 3.47. The summed E-state index contributed by atoms with van der Waals surface area (Å²) in [5, 5.41) is 7.07. The van der Waals surface area contributed by atoms with E-state index in [0.717, 1.165) is 32.1 Å². The zero-order valence-corrected chi connectivity index (χ0v) is 13.9. The first kappa shape index (κ1) is 15.6. The van der Waals surface area contributed by atoms with Crippen LogP contribution in [0.1, 0.15) is 19.8 Å². The molecule has 122 valence electrons. The van der Waals surface area contributed by atoms with Gasteiger partial charge in [0.15, 0.2) is 0 Å². The van der Waals surface area contributed by atoms with E-state index in [1.165, 1.54) is 50.4 Å². The summed E-state index contributed by atoms with van der Waals surface area (Å²) in [6.07, 6.45) is 2.66. The van der Waals surface area contributed by atoms with Crippen molar-refractivity contribution < 1.29 is 0 Å². The molecule has 2 heterocycles. The molecular formula is C18H30N4. The highest BCUT2D eigenvalue weighted by atomic mass is 15.3. The van der Waals surface area contributed by atoms with E-state index >= 15 is 0 Å². The number of hydrogen-bond acceptors (Lipinski definition) is 4. The molecule has 0 radical (unpaired) electrons.